The van der Waals surface area contributed by atoms with E-state index in [1.807, 2.05) is 50.2 Å². The highest BCUT2D eigenvalue weighted by Gasteiger charge is 2.33. The number of nitrogens with zero attached hydrogens (tertiary/aromatic N) is 4. The topological polar surface area (TPSA) is 73.5 Å². The molecule has 0 saturated heterocycles. The lowest BCUT2D eigenvalue weighted by Gasteiger charge is -2.24. The largest absolute Gasteiger partial charge is 0.323 e. The molecule has 16 heteroatoms. The number of aryl methyl sites for hydroxylation is 2. The van der Waals surface area contributed by atoms with Crippen LogP contribution < -0.4 is 10.2 Å². The Morgan fingerprint density at radius 1 is 0.600 bits per heavy atom. The number of nitrogens with one attached hydrogen (secondary N) is 2. The summed E-state index contributed by atoms with van der Waals surface area (Å²) in [5, 5.41) is 6.10. The van der Waals surface area contributed by atoms with Crippen molar-refractivity contribution < 1.29 is 0 Å². The van der Waals surface area contributed by atoms with Crippen LogP contribution in [0.25, 0.3) is 0 Å². The van der Waals surface area contributed by atoms with Crippen LogP contribution in [-0.2, 0) is 0 Å². The van der Waals surface area contributed by atoms with Crippen molar-refractivity contribution in [2.24, 2.45) is 18.1 Å². The molecular weight excluding hydrogens is 589 g/mol. The van der Waals surface area contributed by atoms with Gasteiger partial charge in [-0.3, -0.25) is 0 Å². The smallest absolute Gasteiger partial charge is 0.261 e. The van der Waals surface area contributed by atoms with E-state index in [2.05, 4.69) is 28.2 Å². The maximum Gasteiger partial charge on any atom is 0.261 e. The van der Waals surface area contributed by atoms with E-state index in [1.54, 1.807) is 12.1 Å². The minimum absolute atomic E-state index is 0.665. The summed E-state index contributed by atoms with van der Waals surface area (Å²) in [5.74, 6) is -6.78. The monoisotopic (exact) mass is 602 g/mol. The Hall–Kier alpha value is 0.700. The van der Waals surface area contributed by atoms with Crippen molar-refractivity contribution in [2.75, 3.05) is 10.2 Å². The molecule has 0 aliphatic carbocycles. The Morgan fingerprint density at radius 3 is 1.30 bits per heavy atom. The number of benzene rings is 2. The summed E-state index contributed by atoms with van der Waals surface area (Å²) in [6.07, 6.45) is 0. The second-order valence-corrected chi connectivity index (χ2v) is 23.0. The van der Waals surface area contributed by atoms with Gasteiger partial charge in [0.05, 0.1) is 0 Å². The summed E-state index contributed by atoms with van der Waals surface area (Å²) in [6, 6.07) is 14.9. The number of halogens is 6. The Bertz CT molecular complexity index is 1110. The highest BCUT2D eigenvalue weighted by molar-refractivity contribution is 8.20. The van der Waals surface area contributed by atoms with Gasteiger partial charge in [-0.25, -0.2) is 0 Å². The van der Waals surface area contributed by atoms with E-state index >= 15 is 0 Å². The summed E-state index contributed by atoms with van der Waals surface area (Å²) in [7, 11) is 0. The van der Waals surface area contributed by atoms with Crippen LogP contribution >= 0.6 is 92.7 Å². The molecule has 0 fully saturated rings. The third kappa shape index (κ3) is 7.36. The lowest BCUT2D eigenvalue weighted by atomic mass is 10.2. The van der Waals surface area contributed by atoms with E-state index < -0.39 is 25.2 Å². The molecule has 6 nitrogen and oxygen atoms in total. The SMILES string of the molecule is Cc1cccc(N[P@]2(Cl)=NP(Cl)(Cl)=N[P@@](Cl)(Nc3cccc(C)c3)=NP(Cl)(Cl)=N2)c1. The predicted octanol–water partition coefficient (Wildman–Crippen LogP) is 12.1. The molecule has 164 valence electrons. The first kappa shape index (κ1) is 25.3. The molecule has 0 unspecified atom stereocenters. The zero-order chi connectivity index (χ0) is 22.2. The van der Waals surface area contributed by atoms with Gasteiger partial charge in [0, 0.05) is 11.4 Å². The number of hydrogen-bond donors (Lipinski definition) is 2. The minimum atomic E-state index is -3.39. The van der Waals surface area contributed by atoms with E-state index in [-0.39, 0.29) is 0 Å². The first-order chi connectivity index (χ1) is 13.8. The molecule has 0 saturated carbocycles. The second kappa shape index (κ2) is 9.52. The standard InChI is InChI=1S/C14H16Cl6N6P4/c1-11-5-3-7-13(9-11)21-29(19)23-27(15,16)25-30(20,26-28(17,18)24-29)22-14-8-4-6-12(2)10-14/h3-10,21-22H,1-2H3/t29-,30-. The average molecular weight is 605 g/mol. The fraction of sp³-hybridized carbons (Fsp3) is 0.143. The molecule has 0 bridgehead atoms. The van der Waals surface area contributed by atoms with Gasteiger partial charge in [0.2, 0.25) is 0 Å². The molecule has 2 aromatic carbocycles. The van der Waals surface area contributed by atoms with Crippen LogP contribution in [0.4, 0.5) is 11.4 Å². The van der Waals surface area contributed by atoms with Gasteiger partial charge in [0.15, 0.2) is 0 Å². The molecule has 2 N–H and O–H groups in total. The van der Waals surface area contributed by atoms with Crippen molar-refractivity contribution in [1.29, 1.82) is 0 Å². The predicted molar refractivity (Wildman–Crippen MR) is 142 cm³/mol. The second-order valence-electron chi connectivity index (χ2n) is 6.28. The molecule has 2 aromatic rings. The normalized spacial score (nSPS) is 27.2. The third-order valence-corrected chi connectivity index (χ3v) is 19.6. The van der Waals surface area contributed by atoms with Crippen molar-refractivity contribution in [2.45, 2.75) is 13.8 Å². The maximum atomic E-state index is 6.70. The van der Waals surface area contributed by atoms with Crippen molar-refractivity contribution >= 4 is 104 Å². The van der Waals surface area contributed by atoms with Gasteiger partial charge >= 0.3 is 0 Å². The van der Waals surface area contributed by atoms with Crippen molar-refractivity contribution in [3.05, 3.63) is 59.7 Å². The van der Waals surface area contributed by atoms with Gasteiger partial charge in [0.25, 0.3) is 25.2 Å². The lowest BCUT2D eigenvalue weighted by Crippen LogP contribution is -1.92. The van der Waals surface area contributed by atoms with E-state index in [0.29, 0.717) is 11.4 Å². The molecule has 1 aliphatic heterocycles. The van der Waals surface area contributed by atoms with E-state index in [1.165, 1.54) is 0 Å². The van der Waals surface area contributed by atoms with Gasteiger partial charge in [-0.15, -0.1) is 0 Å². The zero-order valence-electron chi connectivity index (χ0n) is 15.5. The molecule has 0 spiro atoms. The number of anilines is 2. The van der Waals surface area contributed by atoms with Crippen molar-refractivity contribution in [3.63, 3.8) is 0 Å². The summed E-state index contributed by atoms with van der Waals surface area (Å²) in [5.41, 5.74) is 3.34. The van der Waals surface area contributed by atoms with Crippen LogP contribution in [0.1, 0.15) is 11.1 Å². The molecule has 0 aromatic heterocycles. The molecule has 1 heterocycles. The van der Waals surface area contributed by atoms with Gasteiger partial charge < -0.3 is 10.2 Å². The Balaban J connectivity index is 2.11. The minimum Gasteiger partial charge on any atom is -0.323 e. The Labute approximate surface area is 204 Å². The van der Waals surface area contributed by atoms with E-state index in [9.17, 15) is 0 Å². The average Bonchev–Trinajstić information content (AvgIpc) is 2.49. The maximum absolute atomic E-state index is 6.70. The first-order valence-electron chi connectivity index (χ1n) is 8.20. The van der Waals surface area contributed by atoms with Crippen molar-refractivity contribution in [1.82, 2.24) is 0 Å². The molecule has 0 amide bonds. The lowest BCUT2D eigenvalue weighted by molar-refractivity contribution is 1.47. The molecule has 30 heavy (non-hydrogen) atoms. The molecule has 2 atom stereocenters. The fourth-order valence-electron chi connectivity index (χ4n) is 2.49. The van der Waals surface area contributed by atoms with Crippen LogP contribution in [0.2, 0.25) is 0 Å². The highest BCUT2D eigenvalue weighted by atomic mass is 35.9. The summed E-state index contributed by atoms with van der Waals surface area (Å²) < 4.78 is 17.4. The third-order valence-electron chi connectivity index (χ3n) is 3.48. The van der Waals surface area contributed by atoms with E-state index in [0.717, 1.165) is 11.1 Å². The van der Waals surface area contributed by atoms with E-state index in [4.69, 9.17) is 67.4 Å². The number of rotatable bonds is 4. The van der Waals surface area contributed by atoms with Crippen LogP contribution in [0, 0.1) is 13.8 Å². The van der Waals surface area contributed by atoms with Crippen LogP contribution in [0.15, 0.2) is 66.6 Å². The first-order valence-corrected chi connectivity index (χ1v) is 20.4. The van der Waals surface area contributed by atoms with Gasteiger partial charge in [0.1, 0.15) is 0 Å². The Morgan fingerprint density at radius 2 is 0.967 bits per heavy atom. The molecule has 1 aliphatic rings. The highest BCUT2D eigenvalue weighted by Crippen LogP contribution is 2.85. The molecule has 0 radical (unpaired) electrons. The number of hydrogen-bond acceptors (Lipinski definition) is 6. The summed E-state index contributed by atoms with van der Waals surface area (Å²) in [4.78, 5) is 0. The van der Waals surface area contributed by atoms with Gasteiger partial charge in [-0.1, -0.05) is 24.3 Å². The van der Waals surface area contributed by atoms with Crippen LogP contribution in [0.3, 0.4) is 0 Å². The van der Waals surface area contributed by atoms with Crippen molar-refractivity contribution in [3.8, 4) is 0 Å². The molecule has 3 rings (SSSR count). The van der Waals surface area contributed by atoms with Crippen LogP contribution in [-0.4, -0.2) is 0 Å². The summed E-state index contributed by atoms with van der Waals surface area (Å²) in [6.45, 7) is -2.69. The molecular formula is C14H16Cl6N6P4. The Kier molecular flexibility index (Phi) is 8.03. The quantitative estimate of drug-likeness (QED) is 0.341. The zero-order valence-corrected chi connectivity index (χ0v) is 23.6. The van der Waals surface area contributed by atoms with Gasteiger partial charge in [-0.05, 0) is 117 Å². The van der Waals surface area contributed by atoms with Gasteiger partial charge in [-0.2, -0.15) is 18.1 Å². The fourth-order valence-corrected chi connectivity index (χ4v) is 24.2. The van der Waals surface area contributed by atoms with Crippen LogP contribution in [0.5, 0.6) is 0 Å². The summed E-state index contributed by atoms with van der Waals surface area (Å²) >= 11 is 39.2.